The van der Waals surface area contributed by atoms with Crippen molar-refractivity contribution in [3.05, 3.63) is 60.5 Å². The molecule has 0 saturated heterocycles. The molecule has 36 heavy (non-hydrogen) atoms. The molecule has 0 aliphatic carbocycles. The number of rotatable bonds is 2. The Hall–Kier alpha value is -2.26. The van der Waals surface area contributed by atoms with Gasteiger partial charge in [0.25, 0.3) is 0 Å². The lowest BCUT2D eigenvalue weighted by molar-refractivity contribution is 0.00306. The fraction of sp³-hybridized carbons (Fsp3) is 0.643. The van der Waals surface area contributed by atoms with E-state index in [2.05, 4.69) is 13.2 Å². The summed E-state index contributed by atoms with van der Waals surface area (Å²) in [6, 6.07) is 0. The van der Waals surface area contributed by atoms with E-state index in [-0.39, 0.29) is 0 Å². The van der Waals surface area contributed by atoms with E-state index in [9.17, 15) is 0 Å². The Morgan fingerprint density at radius 1 is 0.444 bits per heavy atom. The van der Waals surface area contributed by atoms with Crippen LogP contribution in [0.3, 0.4) is 0 Å². The highest BCUT2D eigenvalue weighted by Gasteiger charge is 2.07. The lowest BCUT2D eigenvalue weighted by atomic mass is 10.3. The smallest absolute Gasteiger partial charge is 0.160 e. The molecule has 1 rings (SSSR count). The van der Waals surface area contributed by atoms with E-state index in [4.69, 9.17) is 37.9 Å². The van der Waals surface area contributed by atoms with Crippen LogP contribution in [-0.2, 0) is 37.9 Å². The van der Waals surface area contributed by atoms with Gasteiger partial charge < -0.3 is 37.9 Å². The molecule has 0 aromatic rings. The topological polar surface area (TPSA) is 73.8 Å². The summed E-state index contributed by atoms with van der Waals surface area (Å²) in [5.41, 5.74) is 0. The van der Waals surface area contributed by atoms with Crippen molar-refractivity contribution in [2.45, 2.75) is 41.5 Å². The van der Waals surface area contributed by atoms with Crippen LogP contribution in [0, 0.1) is 0 Å². The summed E-state index contributed by atoms with van der Waals surface area (Å²) in [5, 5.41) is 0. The molecule has 0 aromatic carbocycles. The quantitative estimate of drug-likeness (QED) is 0.473. The summed E-state index contributed by atoms with van der Waals surface area (Å²) in [5.74, 6) is 2.37. The van der Waals surface area contributed by atoms with E-state index >= 15 is 0 Å². The maximum atomic E-state index is 5.76. The summed E-state index contributed by atoms with van der Waals surface area (Å²) in [6.45, 7) is 24.4. The zero-order valence-corrected chi connectivity index (χ0v) is 23.5. The molecule has 1 heterocycles. The maximum Gasteiger partial charge on any atom is 0.160 e. The first-order valence-electron chi connectivity index (χ1n) is 12.9. The largest absolute Gasteiger partial charge is 0.488 e. The van der Waals surface area contributed by atoms with Crippen LogP contribution in [0.25, 0.3) is 0 Å². The number of hydrogen-bond acceptors (Lipinski definition) is 8. The summed E-state index contributed by atoms with van der Waals surface area (Å²) < 4.78 is 45.0. The molecular weight excluding hydrogens is 464 g/mol. The van der Waals surface area contributed by atoms with Crippen LogP contribution in [0.4, 0.5) is 0 Å². The first-order valence-corrected chi connectivity index (χ1v) is 12.9. The van der Waals surface area contributed by atoms with Crippen LogP contribution in [0.2, 0.25) is 0 Å². The zero-order chi connectivity index (χ0) is 27.3. The van der Waals surface area contributed by atoms with E-state index in [1.54, 1.807) is 12.2 Å². The molecule has 1 aliphatic heterocycles. The molecule has 0 aromatic heterocycles. The van der Waals surface area contributed by atoms with Gasteiger partial charge in [0.15, 0.2) is 23.0 Å². The standard InChI is InChI=1S/C24H38O8.2C2H6/c1-5-21-22(6-2)30-18-14-26-11-12-28-16-20-32-24(8-4)23(7-3)31-19-15-27-10-9-25-13-17-29-21;2*1-2/h5-8H,1-2,9-20H2,3-4H3;2*1-2H3/b22-21-,23-7+,24-8+;;. The highest BCUT2D eigenvalue weighted by Crippen LogP contribution is 2.13. The predicted octanol–water partition coefficient (Wildman–Crippen LogP) is 5.58. The van der Waals surface area contributed by atoms with E-state index in [1.165, 1.54) is 0 Å². The third-order valence-electron chi connectivity index (χ3n) is 4.07. The summed E-state index contributed by atoms with van der Waals surface area (Å²) in [6.07, 6.45) is 6.89. The minimum absolute atomic E-state index is 0.357. The Morgan fingerprint density at radius 3 is 0.944 bits per heavy atom. The SMILES string of the molecule is C=C/C1=C(\C=C)OCCOCCOCCOC(=C/C)/C(=C\C)OCCOCCOCCO1.CC.CC. The Morgan fingerprint density at radius 2 is 0.694 bits per heavy atom. The van der Waals surface area contributed by atoms with Crippen LogP contribution in [0.1, 0.15) is 41.5 Å². The summed E-state index contributed by atoms with van der Waals surface area (Å²) in [4.78, 5) is 0. The van der Waals surface area contributed by atoms with Gasteiger partial charge >= 0.3 is 0 Å². The van der Waals surface area contributed by atoms with Crippen molar-refractivity contribution in [1.29, 1.82) is 0 Å². The molecule has 0 fully saturated rings. The molecule has 0 unspecified atom stereocenters. The van der Waals surface area contributed by atoms with Gasteiger partial charge in [-0.1, -0.05) is 40.9 Å². The van der Waals surface area contributed by atoms with E-state index in [1.807, 2.05) is 53.7 Å². The highest BCUT2D eigenvalue weighted by atomic mass is 16.6. The minimum Gasteiger partial charge on any atom is -0.488 e. The van der Waals surface area contributed by atoms with E-state index in [0.717, 1.165) is 0 Å². The van der Waals surface area contributed by atoms with Crippen LogP contribution < -0.4 is 0 Å². The van der Waals surface area contributed by atoms with E-state index in [0.29, 0.717) is 102 Å². The van der Waals surface area contributed by atoms with Crippen molar-refractivity contribution in [3.63, 3.8) is 0 Å². The van der Waals surface area contributed by atoms with E-state index < -0.39 is 0 Å². The highest BCUT2D eigenvalue weighted by molar-refractivity contribution is 5.22. The first-order chi connectivity index (χ1) is 17.8. The summed E-state index contributed by atoms with van der Waals surface area (Å²) >= 11 is 0. The predicted molar refractivity (Wildman–Crippen MR) is 145 cm³/mol. The molecule has 0 saturated carbocycles. The van der Waals surface area contributed by atoms with Crippen molar-refractivity contribution in [2.75, 3.05) is 79.3 Å². The molecule has 0 radical (unpaired) electrons. The molecule has 8 nitrogen and oxygen atoms in total. The normalized spacial score (nSPS) is 22.4. The van der Waals surface area contributed by atoms with Crippen molar-refractivity contribution in [3.8, 4) is 0 Å². The first kappa shape index (κ1) is 35.9. The van der Waals surface area contributed by atoms with Gasteiger partial charge in [0.1, 0.15) is 26.4 Å². The van der Waals surface area contributed by atoms with Gasteiger partial charge in [-0.2, -0.15) is 0 Å². The van der Waals surface area contributed by atoms with Gasteiger partial charge in [0.2, 0.25) is 0 Å². The van der Waals surface area contributed by atoms with Crippen molar-refractivity contribution >= 4 is 0 Å². The van der Waals surface area contributed by atoms with Crippen molar-refractivity contribution in [2.24, 2.45) is 0 Å². The van der Waals surface area contributed by atoms with Crippen LogP contribution >= 0.6 is 0 Å². The second kappa shape index (κ2) is 29.0. The van der Waals surface area contributed by atoms with Crippen molar-refractivity contribution < 1.29 is 37.9 Å². The number of hydrogen-bond donors (Lipinski definition) is 0. The van der Waals surface area contributed by atoms with Gasteiger partial charge in [0.05, 0.1) is 52.9 Å². The third-order valence-corrected chi connectivity index (χ3v) is 4.07. The Labute approximate surface area is 219 Å². The van der Waals surface area contributed by atoms with Gasteiger partial charge in [-0.3, -0.25) is 0 Å². The summed E-state index contributed by atoms with van der Waals surface area (Å²) in [7, 11) is 0. The number of allylic oxidation sites excluding steroid dienone is 4. The molecule has 1 aliphatic rings. The molecule has 0 bridgehead atoms. The minimum atomic E-state index is 0.357. The maximum absolute atomic E-state index is 5.76. The molecule has 0 N–H and O–H groups in total. The van der Waals surface area contributed by atoms with Crippen LogP contribution in [0.5, 0.6) is 0 Å². The van der Waals surface area contributed by atoms with Gasteiger partial charge in [-0.05, 0) is 38.2 Å². The molecule has 0 amide bonds. The fourth-order valence-electron chi connectivity index (χ4n) is 2.54. The lowest BCUT2D eigenvalue weighted by Gasteiger charge is -2.15. The molecular formula is C28H50O8. The monoisotopic (exact) mass is 514 g/mol. The van der Waals surface area contributed by atoms with Gasteiger partial charge in [-0.15, -0.1) is 0 Å². The second-order valence-corrected chi connectivity index (χ2v) is 6.29. The number of ether oxygens (including phenoxy) is 8. The van der Waals surface area contributed by atoms with Gasteiger partial charge in [-0.25, -0.2) is 0 Å². The average molecular weight is 515 g/mol. The Bertz CT molecular complexity index is 559. The fourth-order valence-corrected chi connectivity index (χ4v) is 2.54. The van der Waals surface area contributed by atoms with Crippen molar-refractivity contribution in [1.82, 2.24) is 0 Å². The second-order valence-electron chi connectivity index (χ2n) is 6.29. The van der Waals surface area contributed by atoms with Crippen LogP contribution in [0.15, 0.2) is 60.5 Å². The third kappa shape index (κ3) is 19.0. The molecule has 0 spiro atoms. The van der Waals surface area contributed by atoms with Gasteiger partial charge in [0, 0.05) is 0 Å². The Kier molecular flexibility index (Phi) is 28.9. The molecule has 210 valence electrons. The Balaban J connectivity index is 0. The average Bonchev–Trinajstić information content (AvgIpc) is 2.93. The molecule has 0 atom stereocenters. The molecule has 8 heteroatoms. The van der Waals surface area contributed by atoms with Crippen LogP contribution in [-0.4, -0.2) is 79.3 Å². The zero-order valence-electron chi connectivity index (χ0n) is 23.5. The lowest BCUT2D eigenvalue weighted by Crippen LogP contribution is -2.14.